The molecule has 16 heavy (non-hydrogen) atoms. The van der Waals surface area contributed by atoms with Crippen LogP contribution in [0.1, 0.15) is 11.3 Å². The van der Waals surface area contributed by atoms with Gasteiger partial charge in [-0.15, -0.1) is 0 Å². The summed E-state index contributed by atoms with van der Waals surface area (Å²) >= 11 is 1.20. The molecule has 0 saturated carbocycles. The maximum Gasteiger partial charge on any atom is 0.324 e. The van der Waals surface area contributed by atoms with Gasteiger partial charge in [-0.1, -0.05) is 17.9 Å². The molecule has 0 unspecified atom stereocenters. The lowest BCUT2D eigenvalue weighted by atomic mass is 10.4. The second-order valence-corrected chi connectivity index (χ2v) is 4.21. The van der Waals surface area contributed by atoms with E-state index in [-0.39, 0.29) is 9.92 Å². The highest BCUT2D eigenvalue weighted by Gasteiger charge is 2.08. The van der Waals surface area contributed by atoms with E-state index in [2.05, 4.69) is 11.9 Å². The summed E-state index contributed by atoms with van der Waals surface area (Å²) < 4.78 is 4.96. The average Bonchev–Trinajstić information content (AvgIpc) is 2.72. The van der Waals surface area contributed by atoms with Crippen molar-refractivity contribution in [3.8, 4) is 0 Å². The molecule has 0 fully saturated rings. The molecule has 0 aliphatic rings. The lowest BCUT2D eigenvalue weighted by Gasteiger charge is -2.02. The molecule has 0 atom stereocenters. The van der Waals surface area contributed by atoms with E-state index in [1.807, 2.05) is 0 Å². The first kappa shape index (κ1) is 12.7. The smallest absolute Gasteiger partial charge is 0.324 e. The number of nitrogens with zero attached hydrogens (tertiary/aromatic N) is 1. The molecule has 1 aromatic rings. The van der Waals surface area contributed by atoms with Gasteiger partial charge in [0.05, 0.1) is 17.8 Å². The number of rotatable bonds is 8. The number of nitrogens with one attached hydrogen (secondary N) is 1. The summed E-state index contributed by atoms with van der Waals surface area (Å²) in [5.41, 5.74) is 0. The van der Waals surface area contributed by atoms with Gasteiger partial charge < -0.3 is 10.1 Å². The third-order valence-electron chi connectivity index (χ3n) is 1.86. The van der Waals surface area contributed by atoms with Crippen molar-refractivity contribution in [3.63, 3.8) is 0 Å². The minimum absolute atomic E-state index is 0.187. The summed E-state index contributed by atoms with van der Waals surface area (Å²) in [7, 11) is 0. The molecule has 0 radical (unpaired) electrons. The lowest BCUT2D eigenvalue weighted by molar-refractivity contribution is -0.380. The Morgan fingerprint density at radius 3 is 3.06 bits per heavy atom. The molecule has 0 saturated heterocycles. The zero-order valence-corrected chi connectivity index (χ0v) is 9.66. The molecule has 0 aromatic carbocycles. The second kappa shape index (κ2) is 6.97. The molecule has 0 amide bonds. The van der Waals surface area contributed by atoms with Crippen LogP contribution in [0.4, 0.5) is 5.00 Å². The molecule has 0 aliphatic heterocycles. The van der Waals surface area contributed by atoms with Crippen LogP contribution < -0.4 is 5.32 Å². The zero-order valence-electron chi connectivity index (χ0n) is 8.85. The Morgan fingerprint density at radius 2 is 2.44 bits per heavy atom. The lowest BCUT2D eigenvalue weighted by Crippen LogP contribution is -2.15. The van der Waals surface area contributed by atoms with Crippen LogP contribution in [0.2, 0.25) is 0 Å². The Balaban J connectivity index is 2.16. The maximum absolute atomic E-state index is 10.4. The first-order chi connectivity index (χ1) is 7.74. The van der Waals surface area contributed by atoms with Gasteiger partial charge in [0.15, 0.2) is 0 Å². The fraction of sp³-hybridized carbons (Fsp3) is 0.400. The predicted molar refractivity (Wildman–Crippen MR) is 63.4 cm³/mol. The van der Waals surface area contributed by atoms with Crippen LogP contribution in [-0.2, 0) is 11.3 Å². The molecule has 1 aromatic heterocycles. The van der Waals surface area contributed by atoms with E-state index in [0.717, 1.165) is 17.8 Å². The normalized spacial score (nSPS) is 10.0. The second-order valence-electron chi connectivity index (χ2n) is 3.06. The average molecular weight is 242 g/mol. The van der Waals surface area contributed by atoms with Crippen molar-refractivity contribution in [2.45, 2.75) is 13.0 Å². The van der Waals surface area contributed by atoms with Crippen molar-refractivity contribution in [1.29, 1.82) is 0 Å². The molecule has 1 N–H and O–H groups in total. The van der Waals surface area contributed by atoms with Crippen molar-refractivity contribution in [1.82, 2.24) is 5.32 Å². The van der Waals surface area contributed by atoms with Crippen molar-refractivity contribution < 1.29 is 9.66 Å². The van der Waals surface area contributed by atoms with Gasteiger partial charge in [-0.05, 0) is 19.0 Å². The maximum atomic E-state index is 10.4. The molecule has 6 heteroatoms. The Labute approximate surface area is 97.9 Å². The van der Waals surface area contributed by atoms with Crippen LogP contribution in [0.5, 0.6) is 0 Å². The highest BCUT2D eigenvalue weighted by molar-refractivity contribution is 7.15. The molecule has 5 nitrogen and oxygen atoms in total. The SMILES string of the molecule is C=COCCCNCc1ccc([N+](=O)[O-])s1. The van der Waals surface area contributed by atoms with Gasteiger partial charge in [0.2, 0.25) is 0 Å². The van der Waals surface area contributed by atoms with Gasteiger partial charge in [0, 0.05) is 17.5 Å². The van der Waals surface area contributed by atoms with Gasteiger partial charge in [-0.25, -0.2) is 0 Å². The zero-order chi connectivity index (χ0) is 11.8. The van der Waals surface area contributed by atoms with Crippen molar-refractivity contribution in [2.24, 2.45) is 0 Å². The largest absolute Gasteiger partial charge is 0.502 e. The number of nitro groups is 1. The monoisotopic (exact) mass is 242 g/mol. The van der Waals surface area contributed by atoms with Gasteiger partial charge in [-0.3, -0.25) is 10.1 Å². The van der Waals surface area contributed by atoms with E-state index < -0.39 is 0 Å². The van der Waals surface area contributed by atoms with Crippen LogP contribution >= 0.6 is 11.3 Å². The van der Waals surface area contributed by atoms with Gasteiger partial charge in [0.1, 0.15) is 0 Å². The van der Waals surface area contributed by atoms with Crippen LogP contribution in [0.25, 0.3) is 0 Å². The third kappa shape index (κ3) is 4.41. The number of thiophene rings is 1. The fourth-order valence-electron chi connectivity index (χ4n) is 1.14. The minimum Gasteiger partial charge on any atom is -0.502 e. The van der Waals surface area contributed by atoms with Gasteiger partial charge >= 0.3 is 5.00 Å². The molecule has 0 spiro atoms. The quantitative estimate of drug-likeness (QED) is 0.329. The molecular formula is C10H14N2O3S. The highest BCUT2D eigenvalue weighted by Crippen LogP contribution is 2.23. The van der Waals surface area contributed by atoms with Crippen molar-refractivity contribution in [2.75, 3.05) is 13.2 Å². The van der Waals surface area contributed by atoms with Gasteiger partial charge in [0.25, 0.3) is 0 Å². The number of hydrogen-bond donors (Lipinski definition) is 1. The van der Waals surface area contributed by atoms with Crippen molar-refractivity contribution >= 4 is 16.3 Å². The van der Waals surface area contributed by atoms with Gasteiger partial charge in [-0.2, -0.15) is 0 Å². The molecule has 88 valence electrons. The molecule has 1 rings (SSSR count). The third-order valence-corrected chi connectivity index (χ3v) is 2.90. The Hall–Kier alpha value is -1.40. The van der Waals surface area contributed by atoms with E-state index >= 15 is 0 Å². The van der Waals surface area contributed by atoms with Crippen LogP contribution in [0, 0.1) is 10.1 Å². The number of hydrogen-bond acceptors (Lipinski definition) is 5. The van der Waals surface area contributed by atoms with E-state index in [1.165, 1.54) is 23.7 Å². The summed E-state index contributed by atoms with van der Waals surface area (Å²) in [5, 5.41) is 13.8. The van der Waals surface area contributed by atoms with E-state index in [9.17, 15) is 10.1 Å². The first-order valence-electron chi connectivity index (χ1n) is 4.90. The predicted octanol–water partition coefficient (Wildman–Crippen LogP) is 2.30. The summed E-state index contributed by atoms with van der Waals surface area (Å²) in [6, 6.07) is 3.30. The molecule has 1 heterocycles. The highest BCUT2D eigenvalue weighted by atomic mass is 32.1. The van der Waals surface area contributed by atoms with E-state index in [0.29, 0.717) is 13.2 Å². The van der Waals surface area contributed by atoms with Crippen LogP contribution in [0.15, 0.2) is 25.0 Å². The summed E-state index contributed by atoms with van der Waals surface area (Å²) in [6.45, 7) is 5.56. The molecule has 0 bridgehead atoms. The Kier molecular flexibility index (Phi) is 5.52. The Morgan fingerprint density at radius 1 is 1.62 bits per heavy atom. The standard InChI is InChI=1S/C10H14N2O3S/c1-2-15-7-3-6-11-8-9-4-5-10(16-9)12(13)14/h2,4-5,11H,1,3,6-8H2. The number of ether oxygens (including phenoxy) is 1. The fourth-order valence-corrected chi connectivity index (χ4v) is 1.92. The first-order valence-corrected chi connectivity index (χ1v) is 5.72. The topological polar surface area (TPSA) is 64.4 Å². The van der Waals surface area contributed by atoms with E-state index in [1.54, 1.807) is 6.07 Å². The summed E-state index contributed by atoms with van der Waals surface area (Å²) in [5.74, 6) is 0. The summed E-state index contributed by atoms with van der Waals surface area (Å²) in [6.07, 6.45) is 2.31. The molecule has 0 aliphatic carbocycles. The van der Waals surface area contributed by atoms with Crippen LogP contribution in [-0.4, -0.2) is 18.1 Å². The van der Waals surface area contributed by atoms with Crippen LogP contribution in [0.3, 0.4) is 0 Å². The summed E-state index contributed by atoms with van der Waals surface area (Å²) in [4.78, 5) is 11.0. The molecular weight excluding hydrogens is 228 g/mol. The van der Waals surface area contributed by atoms with E-state index in [4.69, 9.17) is 4.74 Å². The Bertz CT molecular complexity index is 352. The van der Waals surface area contributed by atoms with Crippen molar-refractivity contribution in [3.05, 3.63) is 40.0 Å². The minimum atomic E-state index is -0.369.